The van der Waals surface area contributed by atoms with Crippen LogP contribution in [-0.2, 0) is 14.3 Å². The lowest BCUT2D eigenvalue weighted by Gasteiger charge is -2.36. The molecule has 0 aliphatic carbocycles. The zero-order chi connectivity index (χ0) is 15.2. The van der Waals surface area contributed by atoms with Crippen molar-refractivity contribution in [1.82, 2.24) is 0 Å². The number of carbonyl (C=O) groups is 1. The van der Waals surface area contributed by atoms with Crippen LogP contribution in [0.15, 0.2) is 30.3 Å². The zero-order valence-electron chi connectivity index (χ0n) is 13.0. The van der Waals surface area contributed by atoms with Crippen LogP contribution < -0.4 is 5.32 Å². The molecule has 1 unspecified atom stereocenters. The van der Waals surface area contributed by atoms with Gasteiger partial charge in [-0.2, -0.15) is 0 Å². The molecule has 0 aromatic heterocycles. The molecule has 1 aromatic carbocycles. The van der Waals surface area contributed by atoms with Crippen molar-refractivity contribution in [2.75, 3.05) is 19.0 Å². The molecule has 112 valence electrons. The molecule has 1 atom stereocenters. The molecule has 0 radical (unpaired) electrons. The van der Waals surface area contributed by atoms with Gasteiger partial charge in [0.2, 0.25) is 0 Å². The van der Waals surface area contributed by atoms with E-state index in [4.69, 9.17) is 9.47 Å². The summed E-state index contributed by atoms with van der Waals surface area (Å²) in [5.74, 6) is -0.269. The second kappa shape index (κ2) is 6.75. The average molecular weight is 279 g/mol. The van der Waals surface area contributed by atoms with E-state index in [1.54, 1.807) is 7.11 Å². The maximum Gasteiger partial charge on any atom is 0.331 e. The van der Waals surface area contributed by atoms with Gasteiger partial charge in [-0.25, -0.2) is 4.79 Å². The zero-order valence-corrected chi connectivity index (χ0v) is 13.0. The third kappa shape index (κ3) is 4.53. The number of benzene rings is 1. The minimum Gasteiger partial charge on any atom is -0.464 e. The fourth-order valence-electron chi connectivity index (χ4n) is 2.22. The van der Waals surface area contributed by atoms with Gasteiger partial charge in [-0.05, 0) is 39.8 Å². The van der Waals surface area contributed by atoms with Crippen LogP contribution in [0.4, 0.5) is 5.69 Å². The molecule has 4 nitrogen and oxygen atoms in total. The van der Waals surface area contributed by atoms with Crippen molar-refractivity contribution in [3.63, 3.8) is 0 Å². The molecule has 0 saturated carbocycles. The van der Waals surface area contributed by atoms with Crippen molar-refractivity contribution in [2.24, 2.45) is 0 Å². The Kier molecular flexibility index (Phi) is 5.57. The van der Waals surface area contributed by atoms with Crippen molar-refractivity contribution in [3.8, 4) is 0 Å². The van der Waals surface area contributed by atoms with Crippen LogP contribution in [0.5, 0.6) is 0 Å². The van der Waals surface area contributed by atoms with Crippen molar-refractivity contribution in [2.45, 2.75) is 45.3 Å². The third-order valence-corrected chi connectivity index (χ3v) is 3.25. The monoisotopic (exact) mass is 279 g/mol. The van der Waals surface area contributed by atoms with Crippen LogP contribution in [0.2, 0.25) is 0 Å². The highest BCUT2D eigenvalue weighted by Gasteiger charge is 2.40. The predicted molar refractivity (Wildman–Crippen MR) is 80.8 cm³/mol. The number of methoxy groups -OCH3 is 1. The number of hydrogen-bond acceptors (Lipinski definition) is 4. The van der Waals surface area contributed by atoms with Crippen molar-refractivity contribution >= 4 is 11.7 Å². The minimum atomic E-state index is -0.836. The summed E-state index contributed by atoms with van der Waals surface area (Å²) in [6, 6.07) is 9.64. The molecule has 0 saturated heterocycles. The summed E-state index contributed by atoms with van der Waals surface area (Å²) < 4.78 is 10.7. The largest absolute Gasteiger partial charge is 0.464 e. The number of hydrogen-bond donors (Lipinski definition) is 1. The molecular formula is C16H25NO3. The fraction of sp³-hybridized carbons (Fsp3) is 0.562. The Bertz CT molecular complexity index is 431. The van der Waals surface area contributed by atoms with Crippen molar-refractivity contribution in [1.29, 1.82) is 0 Å². The van der Waals surface area contributed by atoms with Crippen LogP contribution in [0, 0.1) is 0 Å². The van der Waals surface area contributed by atoms with Gasteiger partial charge in [-0.3, -0.25) is 0 Å². The second-order valence-electron chi connectivity index (χ2n) is 5.68. The minimum absolute atomic E-state index is 0.269. The molecular weight excluding hydrogens is 254 g/mol. The van der Waals surface area contributed by atoms with Gasteiger partial charge in [-0.1, -0.05) is 18.2 Å². The Morgan fingerprint density at radius 3 is 2.30 bits per heavy atom. The lowest BCUT2D eigenvalue weighted by molar-refractivity contribution is -0.150. The maximum atomic E-state index is 12.3. The van der Waals surface area contributed by atoms with Crippen LogP contribution in [0.3, 0.4) is 0 Å². The Morgan fingerprint density at radius 1 is 1.20 bits per heavy atom. The molecule has 0 amide bonds. The summed E-state index contributed by atoms with van der Waals surface area (Å²) in [4.78, 5) is 12.3. The summed E-state index contributed by atoms with van der Waals surface area (Å²) in [6.07, 6.45) is 0.504. The second-order valence-corrected chi connectivity index (χ2v) is 5.68. The van der Waals surface area contributed by atoms with Gasteiger partial charge in [0.25, 0.3) is 0 Å². The van der Waals surface area contributed by atoms with E-state index in [2.05, 4.69) is 5.32 Å². The highest BCUT2D eigenvalue weighted by Crippen LogP contribution is 2.28. The summed E-state index contributed by atoms with van der Waals surface area (Å²) in [6.45, 7) is 7.92. The molecule has 0 heterocycles. The SMILES string of the molecule is CCOC(=O)C(C)(CC(C)(C)OC)Nc1ccccc1. The first-order chi connectivity index (χ1) is 9.33. The van der Waals surface area contributed by atoms with E-state index < -0.39 is 11.1 Å². The molecule has 0 aliphatic rings. The highest BCUT2D eigenvalue weighted by atomic mass is 16.5. The van der Waals surface area contributed by atoms with E-state index in [-0.39, 0.29) is 5.97 Å². The molecule has 4 heteroatoms. The van der Waals surface area contributed by atoms with E-state index in [1.165, 1.54) is 0 Å². The summed E-state index contributed by atoms with van der Waals surface area (Å²) in [7, 11) is 1.65. The number of esters is 1. The summed E-state index contributed by atoms with van der Waals surface area (Å²) in [5, 5.41) is 3.28. The number of rotatable bonds is 7. The number of anilines is 1. The quantitative estimate of drug-likeness (QED) is 0.778. The first kappa shape index (κ1) is 16.5. The fourth-order valence-corrected chi connectivity index (χ4v) is 2.22. The first-order valence-corrected chi connectivity index (χ1v) is 6.88. The molecule has 0 fully saturated rings. The Hall–Kier alpha value is -1.55. The van der Waals surface area contributed by atoms with Crippen molar-refractivity contribution < 1.29 is 14.3 Å². The molecule has 20 heavy (non-hydrogen) atoms. The Labute approximate surface area is 121 Å². The van der Waals surface area contributed by atoms with Gasteiger partial charge < -0.3 is 14.8 Å². The molecule has 0 spiro atoms. The van der Waals surface area contributed by atoms with Crippen molar-refractivity contribution in [3.05, 3.63) is 30.3 Å². The Morgan fingerprint density at radius 2 is 1.80 bits per heavy atom. The molecule has 1 rings (SSSR count). The van der Waals surface area contributed by atoms with E-state index in [1.807, 2.05) is 58.0 Å². The third-order valence-electron chi connectivity index (χ3n) is 3.25. The van der Waals surface area contributed by atoms with Gasteiger partial charge in [0.1, 0.15) is 5.54 Å². The molecule has 1 aromatic rings. The standard InChI is InChI=1S/C16H25NO3/c1-6-20-14(18)16(4,12-15(2,3)19-5)17-13-10-8-7-9-11-13/h7-11,17H,6,12H2,1-5H3. The lowest BCUT2D eigenvalue weighted by Crippen LogP contribution is -2.50. The number of nitrogens with one attached hydrogen (secondary N) is 1. The number of carbonyl (C=O) groups excluding carboxylic acids is 1. The smallest absolute Gasteiger partial charge is 0.331 e. The molecule has 0 aliphatic heterocycles. The lowest BCUT2D eigenvalue weighted by atomic mass is 9.87. The van der Waals surface area contributed by atoms with Gasteiger partial charge in [0, 0.05) is 19.2 Å². The predicted octanol–water partition coefficient (Wildman–Crippen LogP) is 3.24. The number of para-hydroxylation sites is 1. The van der Waals surface area contributed by atoms with Crippen LogP contribution in [0.25, 0.3) is 0 Å². The van der Waals surface area contributed by atoms with Gasteiger partial charge in [-0.15, -0.1) is 0 Å². The van der Waals surface area contributed by atoms with E-state index in [0.717, 1.165) is 5.69 Å². The summed E-state index contributed by atoms with van der Waals surface area (Å²) >= 11 is 0. The van der Waals surface area contributed by atoms with Crippen LogP contribution in [-0.4, -0.2) is 30.8 Å². The number of ether oxygens (including phenoxy) is 2. The highest BCUT2D eigenvalue weighted by molar-refractivity contribution is 5.84. The maximum absolute atomic E-state index is 12.3. The van der Waals surface area contributed by atoms with Crippen LogP contribution in [0.1, 0.15) is 34.1 Å². The van der Waals surface area contributed by atoms with E-state index >= 15 is 0 Å². The first-order valence-electron chi connectivity index (χ1n) is 6.88. The van der Waals surface area contributed by atoms with Gasteiger partial charge in [0.15, 0.2) is 0 Å². The van der Waals surface area contributed by atoms with Gasteiger partial charge in [0.05, 0.1) is 12.2 Å². The Balaban J connectivity index is 2.98. The topological polar surface area (TPSA) is 47.6 Å². The molecule has 0 bridgehead atoms. The van der Waals surface area contributed by atoms with E-state index in [9.17, 15) is 4.79 Å². The van der Waals surface area contributed by atoms with E-state index in [0.29, 0.717) is 13.0 Å². The van der Waals surface area contributed by atoms with Crippen LogP contribution >= 0.6 is 0 Å². The molecule has 1 N–H and O–H groups in total. The summed E-state index contributed by atoms with van der Waals surface area (Å²) in [5.41, 5.74) is -0.380. The average Bonchev–Trinajstić information content (AvgIpc) is 2.39. The normalized spacial score (nSPS) is 14.4. The van der Waals surface area contributed by atoms with Gasteiger partial charge >= 0.3 is 5.97 Å².